The number of likely N-dealkylation sites (tertiary alicyclic amines) is 1. The Hall–Kier alpha value is -1.58. The van der Waals surface area contributed by atoms with E-state index in [2.05, 4.69) is 12.2 Å². The van der Waals surface area contributed by atoms with Crippen LogP contribution in [0.1, 0.15) is 38.2 Å². The number of halogens is 1. The Morgan fingerprint density at radius 2 is 2.20 bits per heavy atom. The molecule has 1 aromatic carbocycles. The monoisotopic (exact) mass is 278 g/mol. The molecule has 1 aliphatic heterocycles. The van der Waals surface area contributed by atoms with Crippen LogP contribution in [0.2, 0.25) is 0 Å². The standard InChI is InChI=1S/C16H23FN2O/c1-2-14-8-5-6-12-19(14)16(20)18-11-10-13-7-3-4-9-15(13)17/h3-4,7,9,14H,2,5-6,8,10-12H2,1H3,(H,18,20). The van der Waals surface area contributed by atoms with E-state index >= 15 is 0 Å². The van der Waals surface area contributed by atoms with E-state index in [4.69, 9.17) is 0 Å². The van der Waals surface area contributed by atoms with Crippen molar-refractivity contribution in [1.29, 1.82) is 0 Å². The average Bonchev–Trinajstić information content (AvgIpc) is 2.49. The fourth-order valence-electron chi connectivity index (χ4n) is 2.80. The predicted molar refractivity (Wildman–Crippen MR) is 78.1 cm³/mol. The molecule has 1 unspecified atom stereocenters. The highest BCUT2D eigenvalue weighted by molar-refractivity contribution is 5.74. The summed E-state index contributed by atoms with van der Waals surface area (Å²) in [6, 6.07) is 7.06. The van der Waals surface area contributed by atoms with E-state index in [0.717, 1.165) is 25.8 Å². The number of rotatable bonds is 4. The maximum atomic E-state index is 13.5. The molecule has 0 spiro atoms. The minimum Gasteiger partial charge on any atom is -0.338 e. The topological polar surface area (TPSA) is 32.3 Å². The Morgan fingerprint density at radius 1 is 1.40 bits per heavy atom. The van der Waals surface area contributed by atoms with Gasteiger partial charge in [-0.15, -0.1) is 0 Å². The van der Waals surface area contributed by atoms with Crippen LogP contribution in [0.4, 0.5) is 9.18 Å². The quantitative estimate of drug-likeness (QED) is 0.900. The van der Waals surface area contributed by atoms with Gasteiger partial charge in [0.05, 0.1) is 0 Å². The Labute approximate surface area is 120 Å². The number of hydrogen-bond donors (Lipinski definition) is 1. The van der Waals surface area contributed by atoms with Crippen molar-refractivity contribution < 1.29 is 9.18 Å². The first-order valence-electron chi connectivity index (χ1n) is 7.50. The number of hydrogen-bond acceptors (Lipinski definition) is 1. The second-order valence-corrected chi connectivity index (χ2v) is 5.32. The number of nitrogens with one attached hydrogen (secondary N) is 1. The molecule has 1 N–H and O–H groups in total. The van der Waals surface area contributed by atoms with Gasteiger partial charge < -0.3 is 10.2 Å². The fraction of sp³-hybridized carbons (Fsp3) is 0.562. The number of piperidine rings is 1. The fourth-order valence-corrected chi connectivity index (χ4v) is 2.80. The predicted octanol–water partition coefficient (Wildman–Crippen LogP) is 3.34. The normalized spacial score (nSPS) is 18.9. The number of amides is 2. The average molecular weight is 278 g/mol. The Bertz CT molecular complexity index is 450. The van der Waals surface area contributed by atoms with Gasteiger partial charge in [-0.25, -0.2) is 9.18 Å². The van der Waals surface area contributed by atoms with E-state index < -0.39 is 0 Å². The van der Waals surface area contributed by atoms with Crippen LogP contribution in [-0.2, 0) is 6.42 Å². The van der Waals surface area contributed by atoms with Gasteiger partial charge in [-0.2, -0.15) is 0 Å². The summed E-state index contributed by atoms with van der Waals surface area (Å²) in [4.78, 5) is 14.1. The van der Waals surface area contributed by atoms with Crippen LogP contribution in [0.3, 0.4) is 0 Å². The first kappa shape index (κ1) is 14.8. The molecule has 1 aromatic rings. The van der Waals surface area contributed by atoms with Gasteiger partial charge in [0.1, 0.15) is 5.82 Å². The molecule has 1 saturated heterocycles. The van der Waals surface area contributed by atoms with Gasteiger partial charge >= 0.3 is 6.03 Å². The van der Waals surface area contributed by atoms with E-state index in [1.807, 2.05) is 11.0 Å². The minimum atomic E-state index is -0.203. The van der Waals surface area contributed by atoms with E-state index in [1.54, 1.807) is 12.1 Å². The molecule has 110 valence electrons. The molecule has 2 rings (SSSR count). The molecule has 20 heavy (non-hydrogen) atoms. The second kappa shape index (κ2) is 7.27. The highest BCUT2D eigenvalue weighted by atomic mass is 19.1. The van der Waals surface area contributed by atoms with Crippen molar-refractivity contribution in [2.75, 3.05) is 13.1 Å². The maximum Gasteiger partial charge on any atom is 0.317 e. The van der Waals surface area contributed by atoms with E-state index in [0.29, 0.717) is 24.6 Å². The van der Waals surface area contributed by atoms with Gasteiger partial charge in [0.2, 0.25) is 0 Å². The van der Waals surface area contributed by atoms with Gasteiger partial charge in [-0.1, -0.05) is 25.1 Å². The van der Waals surface area contributed by atoms with Crippen LogP contribution in [0.15, 0.2) is 24.3 Å². The number of nitrogens with zero attached hydrogens (tertiary/aromatic N) is 1. The molecule has 3 nitrogen and oxygen atoms in total. The zero-order valence-corrected chi connectivity index (χ0v) is 12.1. The molecule has 0 radical (unpaired) electrons. The summed E-state index contributed by atoms with van der Waals surface area (Å²) < 4.78 is 13.5. The molecular weight excluding hydrogens is 255 g/mol. The summed E-state index contributed by atoms with van der Waals surface area (Å²) in [7, 11) is 0. The number of urea groups is 1. The molecule has 1 fully saturated rings. The van der Waals surface area contributed by atoms with Gasteiger partial charge in [0, 0.05) is 19.1 Å². The summed E-state index contributed by atoms with van der Waals surface area (Å²) in [6.07, 6.45) is 4.91. The van der Waals surface area contributed by atoms with Crippen molar-refractivity contribution in [3.8, 4) is 0 Å². The summed E-state index contributed by atoms with van der Waals surface area (Å²) in [5.74, 6) is -0.203. The number of carbonyl (C=O) groups is 1. The van der Waals surface area contributed by atoms with Gasteiger partial charge in [-0.3, -0.25) is 0 Å². The zero-order chi connectivity index (χ0) is 14.4. The molecule has 4 heteroatoms. The minimum absolute atomic E-state index is 0.00658. The summed E-state index contributed by atoms with van der Waals surface area (Å²) in [6.45, 7) is 3.44. The van der Waals surface area contributed by atoms with Crippen molar-refractivity contribution in [2.24, 2.45) is 0 Å². The molecule has 0 bridgehead atoms. The van der Waals surface area contributed by atoms with E-state index in [-0.39, 0.29) is 11.8 Å². The van der Waals surface area contributed by atoms with Crippen LogP contribution in [0.5, 0.6) is 0 Å². The third-order valence-corrected chi connectivity index (χ3v) is 3.99. The largest absolute Gasteiger partial charge is 0.338 e. The van der Waals surface area contributed by atoms with Crippen LogP contribution in [0.25, 0.3) is 0 Å². The molecule has 0 aromatic heterocycles. The lowest BCUT2D eigenvalue weighted by Gasteiger charge is -2.35. The zero-order valence-electron chi connectivity index (χ0n) is 12.1. The van der Waals surface area contributed by atoms with Crippen molar-refractivity contribution in [1.82, 2.24) is 10.2 Å². The molecule has 1 atom stereocenters. The summed E-state index contributed by atoms with van der Waals surface area (Å²) in [5.41, 5.74) is 0.651. The molecular formula is C16H23FN2O. The van der Waals surface area contributed by atoms with Crippen LogP contribution >= 0.6 is 0 Å². The SMILES string of the molecule is CCC1CCCCN1C(=O)NCCc1ccccc1F. The van der Waals surface area contributed by atoms with Crippen molar-refractivity contribution in [3.05, 3.63) is 35.6 Å². The lowest BCUT2D eigenvalue weighted by molar-refractivity contribution is 0.149. The van der Waals surface area contributed by atoms with Crippen LogP contribution in [-0.4, -0.2) is 30.1 Å². The van der Waals surface area contributed by atoms with E-state index in [1.165, 1.54) is 12.5 Å². The lowest BCUT2D eigenvalue weighted by atomic mass is 10.0. The summed E-state index contributed by atoms with van der Waals surface area (Å²) >= 11 is 0. The first-order valence-corrected chi connectivity index (χ1v) is 7.50. The number of benzene rings is 1. The Morgan fingerprint density at radius 3 is 2.95 bits per heavy atom. The molecule has 0 saturated carbocycles. The van der Waals surface area contributed by atoms with Crippen molar-refractivity contribution in [2.45, 2.75) is 45.1 Å². The van der Waals surface area contributed by atoms with Gasteiger partial charge in [0.25, 0.3) is 0 Å². The third kappa shape index (κ3) is 3.71. The lowest BCUT2D eigenvalue weighted by Crippen LogP contribution is -2.48. The Balaban J connectivity index is 1.81. The van der Waals surface area contributed by atoms with Gasteiger partial charge in [0.15, 0.2) is 0 Å². The van der Waals surface area contributed by atoms with Crippen molar-refractivity contribution >= 4 is 6.03 Å². The molecule has 1 aliphatic rings. The molecule has 2 amide bonds. The first-order chi connectivity index (χ1) is 9.72. The van der Waals surface area contributed by atoms with Crippen molar-refractivity contribution in [3.63, 3.8) is 0 Å². The van der Waals surface area contributed by atoms with E-state index in [9.17, 15) is 9.18 Å². The van der Waals surface area contributed by atoms with Crippen LogP contribution in [0, 0.1) is 5.82 Å². The molecule has 1 heterocycles. The third-order valence-electron chi connectivity index (χ3n) is 3.99. The van der Waals surface area contributed by atoms with Crippen LogP contribution < -0.4 is 5.32 Å². The Kier molecular flexibility index (Phi) is 5.39. The smallest absolute Gasteiger partial charge is 0.317 e. The maximum absolute atomic E-state index is 13.5. The number of carbonyl (C=O) groups excluding carboxylic acids is 1. The highest BCUT2D eigenvalue weighted by Crippen LogP contribution is 2.19. The second-order valence-electron chi connectivity index (χ2n) is 5.32. The highest BCUT2D eigenvalue weighted by Gasteiger charge is 2.24. The summed E-state index contributed by atoms with van der Waals surface area (Å²) in [5, 5.41) is 2.91. The van der Waals surface area contributed by atoms with Gasteiger partial charge in [-0.05, 0) is 43.7 Å². The molecule has 0 aliphatic carbocycles.